The van der Waals surface area contributed by atoms with Gasteiger partial charge in [-0.3, -0.25) is 4.79 Å². The minimum atomic E-state index is -0.731. The van der Waals surface area contributed by atoms with Crippen LogP contribution >= 0.6 is 11.6 Å². The summed E-state index contributed by atoms with van der Waals surface area (Å²) in [6.45, 7) is 0.152. The van der Waals surface area contributed by atoms with E-state index in [2.05, 4.69) is 4.98 Å². The standard InChI is InChI=1S/C28H21ClF2N4O2/c29-20-3-7-22(8-4-20)35-15-23(27(33-35)17-1-5-21(30)6-2-17)28-34(26(36)16-37-28)12-10-18-14-25-19(9-11-32-25)13-24(18)31/h1-9,11,13-15,28,32H,10,12,16H2. The summed E-state index contributed by atoms with van der Waals surface area (Å²) in [6, 6.07) is 18.2. The SMILES string of the molecule is O=C1COC(c2cn(-c3ccc(Cl)cc3)nc2-c2ccc(F)cc2)N1CCc1cc2[nH]ccc2cc1F. The Morgan fingerprint density at radius 2 is 1.84 bits per heavy atom. The van der Waals surface area contributed by atoms with Crippen molar-refractivity contribution in [2.45, 2.75) is 12.6 Å². The van der Waals surface area contributed by atoms with Crippen LogP contribution in [0.25, 0.3) is 27.8 Å². The van der Waals surface area contributed by atoms with E-state index in [1.54, 1.807) is 52.3 Å². The molecular weight excluding hydrogens is 498 g/mol. The average molecular weight is 519 g/mol. The van der Waals surface area contributed by atoms with Gasteiger partial charge in [0.25, 0.3) is 5.91 Å². The lowest BCUT2D eigenvalue weighted by atomic mass is 10.1. The van der Waals surface area contributed by atoms with Crippen LogP contribution in [0, 0.1) is 11.6 Å². The molecule has 0 radical (unpaired) electrons. The summed E-state index contributed by atoms with van der Waals surface area (Å²) in [6.07, 6.45) is 3.13. The smallest absolute Gasteiger partial charge is 0.250 e. The molecule has 1 N–H and O–H groups in total. The molecular formula is C28H21ClF2N4O2. The van der Waals surface area contributed by atoms with E-state index in [9.17, 15) is 13.6 Å². The van der Waals surface area contributed by atoms with E-state index in [1.807, 2.05) is 18.2 Å². The van der Waals surface area contributed by atoms with Gasteiger partial charge >= 0.3 is 0 Å². The second-order valence-electron chi connectivity index (χ2n) is 8.87. The number of ether oxygens (including phenoxy) is 1. The summed E-state index contributed by atoms with van der Waals surface area (Å²) < 4.78 is 36.0. The summed E-state index contributed by atoms with van der Waals surface area (Å²) in [7, 11) is 0. The number of nitrogens with zero attached hydrogens (tertiary/aromatic N) is 3. The summed E-state index contributed by atoms with van der Waals surface area (Å²) in [5, 5.41) is 6.13. The molecule has 1 unspecified atom stereocenters. The number of benzene rings is 3. The monoisotopic (exact) mass is 518 g/mol. The van der Waals surface area contributed by atoms with Crippen molar-refractivity contribution in [1.82, 2.24) is 19.7 Å². The van der Waals surface area contributed by atoms with E-state index >= 15 is 0 Å². The van der Waals surface area contributed by atoms with Crippen molar-refractivity contribution in [2.75, 3.05) is 13.2 Å². The normalized spacial score (nSPS) is 15.7. The minimum Gasteiger partial charge on any atom is -0.361 e. The number of hydrogen-bond donors (Lipinski definition) is 1. The molecule has 2 aromatic heterocycles. The minimum absolute atomic E-state index is 0.0994. The third-order valence-electron chi connectivity index (χ3n) is 6.53. The fraction of sp³-hybridized carbons (Fsp3) is 0.143. The van der Waals surface area contributed by atoms with Crippen LogP contribution in [0.3, 0.4) is 0 Å². The number of halogens is 3. The molecule has 9 heteroatoms. The van der Waals surface area contributed by atoms with Crippen molar-refractivity contribution in [1.29, 1.82) is 0 Å². The second kappa shape index (κ2) is 9.46. The number of hydrogen-bond acceptors (Lipinski definition) is 3. The Hall–Kier alpha value is -4.01. The van der Waals surface area contributed by atoms with Crippen molar-refractivity contribution >= 4 is 28.4 Å². The Kier molecular flexibility index (Phi) is 5.98. The number of carbonyl (C=O) groups excluding carboxylic acids is 1. The van der Waals surface area contributed by atoms with Crippen LogP contribution in [0.2, 0.25) is 5.02 Å². The first-order valence-electron chi connectivity index (χ1n) is 11.7. The van der Waals surface area contributed by atoms with Crippen molar-refractivity contribution in [3.63, 3.8) is 0 Å². The highest BCUT2D eigenvalue weighted by molar-refractivity contribution is 6.30. The predicted octanol–water partition coefficient (Wildman–Crippen LogP) is 6.05. The molecule has 1 atom stereocenters. The van der Waals surface area contributed by atoms with Gasteiger partial charge in [-0.2, -0.15) is 5.10 Å². The number of H-pyrrole nitrogens is 1. The fourth-order valence-electron chi connectivity index (χ4n) is 4.63. The first-order chi connectivity index (χ1) is 18.0. The van der Waals surface area contributed by atoms with Gasteiger partial charge in [-0.05, 0) is 78.7 Å². The van der Waals surface area contributed by atoms with Gasteiger partial charge < -0.3 is 14.6 Å². The maximum Gasteiger partial charge on any atom is 0.250 e. The number of nitrogens with one attached hydrogen (secondary N) is 1. The fourth-order valence-corrected chi connectivity index (χ4v) is 4.76. The molecule has 1 fully saturated rings. The van der Waals surface area contributed by atoms with Gasteiger partial charge in [-0.1, -0.05) is 11.6 Å². The quantitative estimate of drug-likeness (QED) is 0.297. The zero-order valence-electron chi connectivity index (χ0n) is 19.5. The number of rotatable bonds is 6. The van der Waals surface area contributed by atoms with Crippen molar-refractivity contribution in [3.05, 3.63) is 107 Å². The molecule has 186 valence electrons. The van der Waals surface area contributed by atoms with E-state index in [0.29, 0.717) is 33.8 Å². The van der Waals surface area contributed by atoms with Gasteiger partial charge in [0.15, 0.2) is 6.23 Å². The molecule has 6 rings (SSSR count). The second-order valence-corrected chi connectivity index (χ2v) is 9.31. The first-order valence-corrected chi connectivity index (χ1v) is 12.1. The van der Waals surface area contributed by atoms with Gasteiger partial charge in [0.2, 0.25) is 0 Å². The van der Waals surface area contributed by atoms with Gasteiger partial charge in [0.05, 0.1) is 5.69 Å². The third kappa shape index (κ3) is 4.50. The summed E-state index contributed by atoms with van der Waals surface area (Å²) >= 11 is 6.05. The molecule has 1 amide bonds. The molecule has 1 saturated heterocycles. The van der Waals surface area contributed by atoms with E-state index in [1.165, 1.54) is 18.2 Å². The highest BCUT2D eigenvalue weighted by Crippen LogP contribution is 2.35. The number of carbonyl (C=O) groups is 1. The lowest BCUT2D eigenvalue weighted by Crippen LogP contribution is -2.31. The molecule has 0 spiro atoms. The highest BCUT2D eigenvalue weighted by atomic mass is 35.5. The maximum atomic E-state index is 14.7. The van der Waals surface area contributed by atoms with Crippen molar-refractivity contribution < 1.29 is 18.3 Å². The third-order valence-corrected chi connectivity index (χ3v) is 6.78. The molecule has 37 heavy (non-hydrogen) atoms. The summed E-state index contributed by atoms with van der Waals surface area (Å²) in [4.78, 5) is 17.5. The molecule has 1 aliphatic heterocycles. The Morgan fingerprint density at radius 3 is 2.62 bits per heavy atom. The zero-order chi connectivity index (χ0) is 25.5. The van der Waals surface area contributed by atoms with E-state index < -0.39 is 6.23 Å². The average Bonchev–Trinajstić information content (AvgIpc) is 3.62. The molecule has 0 bridgehead atoms. The molecule has 6 nitrogen and oxygen atoms in total. The van der Waals surface area contributed by atoms with Crippen LogP contribution in [-0.4, -0.2) is 38.7 Å². The zero-order valence-corrected chi connectivity index (χ0v) is 20.3. The highest BCUT2D eigenvalue weighted by Gasteiger charge is 2.36. The van der Waals surface area contributed by atoms with Gasteiger partial charge in [-0.25, -0.2) is 13.5 Å². The van der Waals surface area contributed by atoms with Crippen LogP contribution in [0.1, 0.15) is 17.4 Å². The first kappa shape index (κ1) is 23.4. The molecule has 3 aromatic carbocycles. The molecule has 0 aliphatic carbocycles. The Labute approximate surface area is 216 Å². The van der Waals surface area contributed by atoms with E-state index in [4.69, 9.17) is 21.4 Å². The predicted molar refractivity (Wildman–Crippen MR) is 136 cm³/mol. The Balaban J connectivity index is 1.35. The number of fused-ring (bicyclic) bond motifs is 1. The summed E-state index contributed by atoms with van der Waals surface area (Å²) in [5.74, 6) is -0.883. The molecule has 0 saturated carbocycles. The van der Waals surface area contributed by atoms with Crippen molar-refractivity contribution in [2.24, 2.45) is 0 Å². The van der Waals surface area contributed by atoms with E-state index in [-0.39, 0.29) is 30.7 Å². The number of aromatic nitrogens is 3. The number of amides is 1. The van der Waals surface area contributed by atoms with Gasteiger partial charge in [0, 0.05) is 46.0 Å². The van der Waals surface area contributed by atoms with Crippen LogP contribution < -0.4 is 0 Å². The van der Waals surface area contributed by atoms with Crippen molar-refractivity contribution in [3.8, 4) is 16.9 Å². The van der Waals surface area contributed by atoms with Crippen LogP contribution in [-0.2, 0) is 16.0 Å². The topological polar surface area (TPSA) is 63.2 Å². The number of aromatic amines is 1. The van der Waals surface area contributed by atoms with Crippen LogP contribution in [0.15, 0.2) is 79.1 Å². The van der Waals surface area contributed by atoms with Gasteiger partial charge in [0.1, 0.15) is 23.9 Å². The van der Waals surface area contributed by atoms with Gasteiger partial charge in [-0.15, -0.1) is 0 Å². The van der Waals surface area contributed by atoms with Crippen LogP contribution in [0.5, 0.6) is 0 Å². The Bertz CT molecular complexity index is 1600. The largest absolute Gasteiger partial charge is 0.361 e. The molecule has 1 aliphatic rings. The van der Waals surface area contributed by atoms with Crippen LogP contribution in [0.4, 0.5) is 8.78 Å². The lowest BCUT2D eigenvalue weighted by molar-refractivity contribution is -0.128. The van der Waals surface area contributed by atoms with E-state index in [0.717, 1.165) is 16.6 Å². The lowest BCUT2D eigenvalue weighted by Gasteiger charge is -2.23. The maximum absolute atomic E-state index is 14.7. The molecule has 5 aromatic rings. The molecule has 3 heterocycles. The Morgan fingerprint density at radius 1 is 1.05 bits per heavy atom. The summed E-state index contributed by atoms with van der Waals surface area (Å²) in [5.41, 5.74) is 3.97.